The van der Waals surface area contributed by atoms with E-state index in [-0.39, 0.29) is 7.43 Å². The topological polar surface area (TPSA) is 3.24 Å². The first-order valence-electron chi connectivity index (χ1n) is 4.22. The smallest absolute Gasteiger partial charge is 0.0174 e. The maximum atomic E-state index is 2.48. The summed E-state index contributed by atoms with van der Waals surface area (Å²) in [6.45, 7) is 6.86. The Hall–Kier alpha value is -0.460. The largest absolute Gasteiger partial charge is 0.375 e. The quantitative estimate of drug-likeness (QED) is 0.562. The summed E-state index contributed by atoms with van der Waals surface area (Å²) < 4.78 is 0. The van der Waals surface area contributed by atoms with Crippen molar-refractivity contribution in [3.8, 4) is 0 Å². The van der Waals surface area contributed by atoms with Crippen LogP contribution in [0.4, 0.5) is 0 Å². The lowest BCUT2D eigenvalue weighted by molar-refractivity contribution is 0.285. The molecular weight excluding hydrogens is 134 g/mol. The molecule has 1 heteroatoms. The zero-order chi connectivity index (χ0) is 7.40. The zero-order valence-corrected chi connectivity index (χ0v) is 7.06. The number of hydrogen-bond donors (Lipinski definition) is 0. The molecule has 1 rings (SSSR count). The summed E-state index contributed by atoms with van der Waals surface area (Å²) in [4.78, 5) is 2.48. The first kappa shape index (κ1) is 10.5. The van der Waals surface area contributed by atoms with E-state index in [9.17, 15) is 0 Å². The average molecular weight is 155 g/mol. The van der Waals surface area contributed by atoms with Gasteiger partial charge >= 0.3 is 0 Å². The van der Waals surface area contributed by atoms with E-state index in [1.165, 1.54) is 38.0 Å². The molecule has 0 atom stereocenters. The average Bonchev–Trinajstić information content (AvgIpc) is 2.05. The molecule has 0 aromatic heterocycles. The van der Waals surface area contributed by atoms with Crippen LogP contribution in [0, 0.1) is 0 Å². The fourth-order valence-corrected chi connectivity index (χ4v) is 1.43. The molecule has 66 valence electrons. The van der Waals surface area contributed by atoms with E-state index in [1.807, 2.05) is 0 Å². The maximum Gasteiger partial charge on any atom is 0.0174 e. The van der Waals surface area contributed by atoms with Gasteiger partial charge in [-0.05, 0) is 33.1 Å². The third-order valence-electron chi connectivity index (χ3n) is 2.27. The van der Waals surface area contributed by atoms with Crippen molar-refractivity contribution >= 4 is 0 Å². The second-order valence-electron chi connectivity index (χ2n) is 2.98. The number of hydrogen-bond acceptors (Lipinski definition) is 1. The lowest BCUT2D eigenvalue weighted by Crippen LogP contribution is -2.27. The van der Waals surface area contributed by atoms with Gasteiger partial charge in [0.2, 0.25) is 0 Å². The minimum Gasteiger partial charge on any atom is -0.375 e. The van der Waals surface area contributed by atoms with E-state index < -0.39 is 0 Å². The van der Waals surface area contributed by atoms with Crippen molar-refractivity contribution in [3.05, 3.63) is 11.8 Å². The standard InChI is InChI=1S/C9H17N.CH4/c1-3-9(2)10-7-5-4-6-8-10;/h3H,4-8H2,1-2H3;1H4. The Kier molecular flexibility index (Phi) is 5.01. The normalized spacial score (nSPS) is 19.5. The highest BCUT2D eigenvalue weighted by Crippen LogP contribution is 2.13. The van der Waals surface area contributed by atoms with Crippen LogP contribution in [-0.4, -0.2) is 18.0 Å². The van der Waals surface area contributed by atoms with Crippen molar-refractivity contribution < 1.29 is 0 Å². The molecule has 0 aromatic carbocycles. The lowest BCUT2D eigenvalue weighted by atomic mass is 10.1. The van der Waals surface area contributed by atoms with Gasteiger partial charge in [-0.1, -0.05) is 13.5 Å². The van der Waals surface area contributed by atoms with Gasteiger partial charge < -0.3 is 4.90 Å². The van der Waals surface area contributed by atoms with Gasteiger partial charge in [-0.3, -0.25) is 0 Å². The molecule has 0 unspecified atom stereocenters. The van der Waals surface area contributed by atoms with E-state index >= 15 is 0 Å². The summed E-state index contributed by atoms with van der Waals surface area (Å²) in [5, 5.41) is 0. The number of likely N-dealkylation sites (tertiary alicyclic amines) is 1. The van der Waals surface area contributed by atoms with Crippen molar-refractivity contribution in [1.82, 2.24) is 4.90 Å². The van der Waals surface area contributed by atoms with Crippen LogP contribution < -0.4 is 0 Å². The molecule has 0 spiro atoms. The lowest BCUT2D eigenvalue weighted by Gasteiger charge is -2.29. The van der Waals surface area contributed by atoms with Crippen molar-refractivity contribution in [2.45, 2.75) is 40.5 Å². The van der Waals surface area contributed by atoms with Gasteiger partial charge in [-0.25, -0.2) is 0 Å². The van der Waals surface area contributed by atoms with Crippen LogP contribution >= 0.6 is 0 Å². The minimum atomic E-state index is 0. The van der Waals surface area contributed by atoms with Gasteiger partial charge in [-0.2, -0.15) is 0 Å². The van der Waals surface area contributed by atoms with E-state index in [1.54, 1.807) is 0 Å². The van der Waals surface area contributed by atoms with Crippen LogP contribution in [0.1, 0.15) is 40.5 Å². The van der Waals surface area contributed by atoms with Gasteiger partial charge in [0, 0.05) is 18.8 Å². The Balaban J connectivity index is 0.000001000. The summed E-state index contributed by atoms with van der Waals surface area (Å²) >= 11 is 0. The van der Waals surface area contributed by atoms with Crippen LogP contribution in [0.15, 0.2) is 11.8 Å². The van der Waals surface area contributed by atoms with E-state index in [0.29, 0.717) is 0 Å². The van der Waals surface area contributed by atoms with Gasteiger partial charge in [0.1, 0.15) is 0 Å². The zero-order valence-electron chi connectivity index (χ0n) is 7.06. The number of nitrogens with zero attached hydrogens (tertiary/aromatic N) is 1. The molecule has 1 fully saturated rings. The van der Waals surface area contributed by atoms with E-state index in [0.717, 1.165) is 0 Å². The summed E-state index contributed by atoms with van der Waals surface area (Å²) in [5.41, 5.74) is 1.44. The van der Waals surface area contributed by atoms with Crippen LogP contribution in [0.25, 0.3) is 0 Å². The van der Waals surface area contributed by atoms with Crippen LogP contribution in [0.5, 0.6) is 0 Å². The van der Waals surface area contributed by atoms with Crippen LogP contribution in [0.3, 0.4) is 0 Å². The molecule has 0 bridgehead atoms. The first-order valence-corrected chi connectivity index (χ1v) is 4.22. The molecule has 0 amide bonds. The second kappa shape index (κ2) is 5.22. The molecule has 1 nitrogen and oxygen atoms in total. The summed E-state index contributed by atoms with van der Waals surface area (Å²) in [6, 6.07) is 0. The predicted octanol–water partition coefficient (Wildman–Crippen LogP) is 3.03. The Bertz CT molecular complexity index is 121. The first-order chi connectivity index (χ1) is 4.84. The molecule has 1 aliphatic heterocycles. The second-order valence-corrected chi connectivity index (χ2v) is 2.98. The molecule has 0 N–H and O–H groups in total. The SMILES string of the molecule is C.CC=C(C)N1CCCCC1. The van der Waals surface area contributed by atoms with E-state index in [2.05, 4.69) is 24.8 Å². The third-order valence-corrected chi connectivity index (χ3v) is 2.27. The van der Waals surface area contributed by atoms with Gasteiger partial charge in [0.25, 0.3) is 0 Å². The summed E-state index contributed by atoms with van der Waals surface area (Å²) in [5.74, 6) is 0. The molecule has 1 saturated heterocycles. The van der Waals surface area contributed by atoms with Gasteiger partial charge in [0.05, 0.1) is 0 Å². The Morgan fingerprint density at radius 1 is 1.18 bits per heavy atom. The van der Waals surface area contributed by atoms with Crippen LogP contribution in [-0.2, 0) is 0 Å². The van der Waals surface area contributed by atoms with Crippen molar-refractivity contribution in [1.29, 1.82) is 0 Å². The summed E-state index contributed by atoms with van der Waals surface area (Å²) in [7, 11) is 0. The van der Waals surface area contributed by atoms with Gasteiger partial charge in [-0.15, -0.1) is 0 Å². The highest BCUT2D eigenvalue weighted by molar-refractivity contribution is 4.95. The van der Waals surface area contributed by atoms with Crippen molar-refractivity contribution in [2.24, 2.45) is 0 Å². The molecular formula is C10H21N. The summed E-state index contributed by atoms with van der Waals surface area (Å²) in [6.07, 6.45) is 6.38. The van der Waals surface area contributed by atoms with E-state index in [4.69, 9.17) is 0 Å². The highest BCUT2D eigenvalue weighted by atomic mass is 15.1. The Morgan fingerprint density at radius 2 is 1.73 bits per heavy atom. The third kappa shape index (κ3) is 2.96. The number of rotatable bonds is 1. The molecule has 0 aromatic rings. The van der Waals surface area contributed by atoms with Crippen LogP contribution in [0.2, 0.25) is 0 Å². The Morgan fingerprint density at radius 3 is 2.18 bits per heavy atom. The predicted molar refractivity (Wildman–Crippen MR) is 51.6 cm³/mol. The monoisotopic (exact) mass is 155 g/mol. The van der Waals surface area contributed by atoms with Gasteiger partial charge in [0.15, 0.2) is 0 Å². The Labute approximate surface area is 71.1 Å². The fraction of sp³-hybridized carbons (Fsp3) is 0.800. The molecule has 11 heavy (non-hydrogen) atoms. The molecule has 1 heterocycles. The molecule has 0 saturated carbocycles. The molecule has 1 aliphatic rings. The minimum absolute atomic E-state index is 0. The number of allylic oxidation sites excluding steroid dienone is 2. The maximum absolute atomic E-state index is 2.48. The van der Waals surface area contributed by atoms with Crippen molar-refractivity contribution in [3.63, 3.8) is 0 Å². The highest BCUT2D eigenvalue weighted by Gasteiger charge is 2.08. The molecule has 0 radical (unpaired) electrons. The number of piperidine rings is 1. The van der Waals surface area contributed by atoms with Crippen molar-refractivity contribution in [2.75, 3.05) is 13.1 Å². The fourth-order valence-electron chi connectivity index (χ4n) is 1.43. The molecule has 0 aliphatic carbocycles.